The highest BCUT2D eigenvalue weighted by molar-refractivity contribution is 5.79. The Hall–Kier alpha value is -0.850. The minimum absolute atomic E-state index is 0.340. The first kappa shape index (κ1) is 18.1. The van der Waals surface area contributed by atoms with Gasteiger partial charge in [0.05, 0.1) is 0 Å². The molecule has 0 aliphatic carbocycles. The van der Waals surface area contributed by atoms with Gasteiger partial charge >= 0.3 is 0 Å². The third-order valence-electron chi connectivity index (χ3n) is 2.60. The van der Waals surface area contributed by atoms with Gasteiger partial charge in [0.15, 0.2) is 0 Å². The number of hydrazine groups is 1. The Bertz CT molecular complexity index is 233. The van der Waals surface area contributed by atoms with E-state index in [1.807, 2.05) is 0 Å². The van der Waals surface area contributed by atoms with Crippen molar-refractivity contribution in [2.45, 2.75) is 32.7 Å². The second kappa shape index (κ2) is 11.0. The van der Waals surface area contributed by atoms with Gasteiger partial charge < -0.3 is 15.0 Å². The van der Waals surface area contributed by atoms with E-state index in [0.717, 1.165) is 19.4 Å². The minimum atomic E-state index is 0.340. The quantitative estimate of drug-likeness (QED) is 0.186. The molecule has 0 rings (SSSR count). The van der Waals surface area contributed by atoms with Gasteiger partial charge in [-0.3, -0.25) is 10.4 Å². The molecule has 0 spiro atoms. The minimum Gasteiger partial charge on any atom is -0.385 e. The predicted molar refractivity (Wildman–Crippen MR) is 81.1 cm³/mol. The van der Waals surface area contributed by atoms with E-state index in [2.05, 4.69) is 48.6 Å². The first-order chi connectivity index (χ1) is 8.99. The Kier molecular flexibility index (Phi) is 10.5. The average Bonchev–Trinajstić information content (AvgIpc) is 2.31. The smallest absolute Gasteiger partial charge is 0.205 e. The summed E-state index contributed by atoms with van der Waals surface area (Å²) in [6, 6.07) is 0.340. The maximum atomic E-state index is 5.51. The molecule has 0 aliphatic heterocycles. The number of ether oxygens (including phenoxy) is 1. The summed E-state index contributed by atoms with van der Waals surface area (Å²) in [5.41, 5.74) is 2.64. The molecule has 0 saturated heterocycles. The van der Waals surface area contributed by atoms with Crippen molar-refractivity contribution >= 4 is 5.96 Å². The molecule has 0 amide bonds. The molecule has 0 saturated carbocycles. The molecule has 114 valence electrons. The van der Waals surface area contributed by atoms with E-state index in [4.69, 9.17) is 10.6 Å². The van der Waals surface area contributed by atoms with Crippen molar-refractivity contribution in [2.75, 3.05) is 40.9 Å². The number of methoxy groups -OCH3 is 1. The van der Waals surface area contributed by atoms with Crippen molar-refractivity contribution in [1.29, 1.82) is 0 Å². The number of nitrogens with two attached hydrogens (primary N) is 1. The second-order valence-electron chi connectivity index (χ2n) is 5.45. The molecule has 1 unspecified atom stereocenters. The lowest BCUT2D eigenvalue weighted by atomic mass is 10.0. The monoisotopic (exact) mass is 273 g/mol. The maximum Gasteiger partial charge on any atom is 0.205 e. The van der Waals surface area contributed by atoms with Crippen LogP contribution in [-0.4, -0.2) is 57.8 Å². The van der Waals surface area contributed by atoms with Crippen molar-refractivity contribution in [1.82, 2.24) is 15.6 Å². The largest absolute Gasteiger partial charge is 0.385 e. The van der Waals surface area contributed by atoms with Gasteiger partial charge in [-0.05, 0) is 32.9 Å². The molecule has 1 atom stereocenters. The van der Waals surface area contributed by atoms with Crippen LogP contribution in [0.5, 0.6) is 0 Å². The zero-order valence-electron chi connectivity index (χ0n) is 13.1. The number of aliphatic imine (C=N–C) groups is 1. The Balaban J connectivity index is 4.32. The van der Waals surface area contributed by atoms with E-state index < -0.39 is 0 Å². The van der Waals surface area contributed by atoms with E-state index in [9.17, 15) is 0 Å². The van der Waals surface area contributed by atoms with Gasteiger partial charge in [-0.15, -0.1) is 0 Å². The van der Waals surface area contributed by atoms with E-state index >= 15 is 0 Å². The van der Waals surface area contributed by atoms with Crippen LogP contribution in [0.4, 0.5) is 0 Å². The fourth-order valence-electron chi connectivity index (χ4n) is 1.91. The lowest BCUT2D eigenvalue weighted by molar-refractivity contribution is 0.197. The molecule has 0 aromatic carbocycles. The molecule has 6 nitrogen and oxygen atoms in total. The van der Waals surface area contributed by atoms with Crippen molar-refractivity contribution in [3.8, 4) is 0 Å². The fraction of sp³-hybridized carbons (Fsp3) is 0.923. The van der Waals surface area contributed by atoms with Gasteiger partial charge in [0.2, 0.25) is 5.96 Å². The standard InChI is InChI=1S/C13H31N5O/c1-11(2)9-12(10-18(3)4)16-13(17-14)15-7-6-8-19-5/h11-12H,6-10,14H2,1-5H3,(H2,15,16,17). The molecule has 4 N–H and O–H groups in total. The number of rotatable bonds is 9. The second-order valence-corrected chi connectivity index (χ2v) is 5.45. The first-order valence-electron chi connectivity index (χ1n) is 6.90. The molecule has 0 heterocycles. The van der Waals surface area contributed by atoms with Crippen molar-refractivity contribution in [3.05, 3.63) is 0 Å². The third-order valence-corrected chi connectivity index (χ3v) is 2.60. The average molecular weight is 273 g/mol. The maximum absolute atomic E-state index is 5.51. The van der Waals surface area contributed by atoms with Crippen LogP contribution < -0.4 is 16.6 Å². The van der Waals surface area contributed by atoms with Crippen molar-refractivity contribution in [3.63, 3.8) is 0 Å². The van der Waals surface area contributed by atoms with Crippen LogP contribution in [0.3, 0.4) is 0 Å². The highest BCUT2D eigenvalue weighted by Gasteiger charge is 2.13. The predicted octanol–water partition coefficient (Wildman–Crippen LogP) is 0.408. The number of guanidine groups is 1. The summed E-state index contributed by atoms with van der Waals surface area (Å²) in [5, 5.41) is 3.37. The normalized spacial score (nSPS) is 14.0. The summed E-state index contributed by atoms with van der Waals surface area (Å²) >= 11 is 0. The summed E-state index contributed by atoms with van der Waals surface area (Å²) < 4.78 is 5.00. The molecule has 0 fully saturated rings. The number of likely N-dealkylation sites (N-methyl/N-ethyl adjacent to an activating group) is 1. The Labute approximate surface area is 117 Å². The zero-order valence-corrected chi connectivity index (χ0v) is 13.1. The molecule has 0 bridgehead atoms. The van der Waals surface area contributed by atoms with E-state index in [1.54, 1.807) is 7.11 Å². The third kappa shape index (κ3) is 10.7. The number of nitrogens with zero attached hydrogens (tertiary/aromatic N) is 2. The Morgan fingerprint density at radius 3 is 2.53 bits per heavy atom. The van der Waals surface area contributed by atoms with Gasteiger partial charge in [-0.2, -0.15) is 0 Å². The molecule has 19 heavy (non-hydrogen) atoms. The van der Waals surface area contributed by atoms with Gasteiger partial charge in [0.1, 0.15) is 0 Å². The van der Waals surface area contributed by atoms with Crippen molar-refractivity contribution < 1.29 is 4.74 Å². The Morgan fingerprint density at radius 2 is 2.05 bits per heavy atom. The fourth-order valence-corrected chi connectivity index (χ4v) is 1.91. The van der Waals surface area contributed by atoms with Crippen LogP contribution in [-0.2, 0) is 4.74 Å². The number of nitrogens with one attached hydrogen (secondary N) is 2. The SMILES string of the molecule is COCCCN=C(NN)NC(CC(C)C)CN(C)C. The molecular formula is C13H31N5O. The van der Waals surface area contributed by atoms with E-state index in [1.165, 1.54) is 0 Å². The molecule has 0 aromatic heterocycles. The van der Waals surface area contributed by atoms with Crippen LogP contribution in [0.1, 0.15) is 26.7 Å². The lowest BCUT2D eigenvalue weighted by Gasteiger charge is -2.25. The van der Waals surface area contributed by atoms with Gasteiger partial charge in [0, 0.05) is 32.8 Å². The molecule has 6 heteroatoms. The zero-order chi connectivity index (χ0) is 14.7. The Morgan fingerprint density at radius 1 is 1.37 bits per heavy atom. The molecule has 0 radical (unpaired) electrons. The first-order valence-corrected chi connectivity index (χ1v) is 6.90. The number of hydrogen-bond acceptors (Lipinski definition) is 4. The lowest BCUT2D eigenvalue weighted by Crippen LogP contribution is -2.50. The number of hydrogen-bond donors (Lipinski definition) is 3. The van der Waals surface area contributed by atoms with Crippen LogP contribution in [0, 0.1) is 5.92 Å². The van der Waals surface area contributed by atoms with Crippen LogP contribution >= 0.6 is 0 Å². The molecular weight excluding hydrogens is 242 g/mol. The topological polar surface area (TPSA) is 74.9 Å². The summed E-state index contributed by atoms with van der Waals surface area (Å²) in [7, 11) is 5.83. The van der Waals surface area contributed by atoms with Gasteiger partial charge in [-0.1, -0.05) is 13.8 Å². The highest BCUT2D eigenvalue weighted by Crippen LogP contribution is 2.05. The van der Waals surface area contributed by atoms with E-state index in [-0.39, 0.29) is 0 Å². The van der Waals surface area contributed by atoms with Crippen molar-refractivity contribution in [2.24, 2.45) is 16.8 Å². The van der Waals surface area contributed by atoms with E-state index in [0.29, 0.717) is 31.1 Å². The molecule has 0 aromatic rings. The van der Waals surface area contributed by atoms with Gasteiger partial charge in [0.25, 0.3) is 0 Å². The summed E-state index contributed by atoms with van der Waals surface area (Å²) in [6.45, 7) is 6.81. The van der Waals surface area contributed by atoms with Crippen LogP contribution in [0.25, 0.3) is 0 Å². The highest BCUT2D eigenvalue weighted by atomic mass is 16.5. The summed E-state index contributed by atoms with van der Waals surface area (Å²) in [5.74, 6) is 6.79. The van der Waals surface area contributed by atoms with Crippen LogP contribution in [0.2, 0.25) is 0 Å². The summed E-state index contributed by atoms with van der Waals surface area (Å²) in [4.78, 5) is 6.57. The van der Waals surface area contributed by atoms with Gasteiger partial charge in [-0.25, -0.2) is 5.84 Å². The summed E-state index contributed by atoms with van der Waals surface area (Å²) in [6.07, 6.45) is 1.98. The van der Waals surface area contributed by atoms with Crippen LogP contribution in [0.15, 0.2) is 4.99 Å². The molecule has 0 aliphatic rings.